The summed E-state index contributed by atoms with van der Waals surface area (Å²) < 4.78 is 5.30. The second-order valence-corrected chi connectivity index (χ2v) is 12.9. The number of aryl methyl sites for hydroxylation is 2. The van der Waals surface area contributed by atoms with Gasteiger partial charge >= 0.3 is 0 Å². The van der Waals surface area contributed by atoms with E-state index in [1.165, 1.54) is 16.9 Å². The van der Waals surface area contributed by atoms with E-state index in [9.17, 15) is 24.3 Å². The Bertz CT molecular complexity index is 1820. The van der Waals surface area contributed by atoms with Gasteiger partial charge in [-0.3, -0.25) is 29.0 Å². The van der Waals surface area contributed by atoms with E-state index >= 15 is 0 Å². The zero-order valence-electron chi connectivity index (χ0n) is 26.8. The van der Waals surface area contributed by atoms with Crippen molar-refractivity contribution in [2.24, 2.45) is 35.5 Å². The van der Waals surface area contributed by atoms with Crippen molar-refractivity contribution in [3.05, 3.63) is 101 Å². The highest BCUT2D eigenvalue weighted by Gasteiger charge is 2.61. The average molecular weight is 631 g/mol. The lowest BCUT2D eigenvalue weighted by molar-refractivity contribution is -0.126. The summed E-state index contributed by atoms with van der Waals surface area (Å²) in [7, 11) is 1.48. The molecule has 7 rings (SSSR count). The number of carbonyl (C=O) groups excluding carboxylic acids is 4. The van der Waals surface area contributed by atoms with Crippen LogP contribution in [0.3, 0.4) is 0 Å². The van der Waals surface area contributed by atoms with E-state index in [1.54, 1.807) is 18.2 Å². The third-order valence-electron chi connectivity index (χ3n) is 10.6. The van der Waals surface area contributed by atoms with Crippen LogP contribution in [-0.4, -0.2) is 35.8 Å². The van der Waals surface area contributed by atoms with Crippen LogP contribution >= 0.6 is 0 Å². The molecule has 4 aliphatic rings. The molecule has 3 fully saturated rings. The van der Waals surface area contributed by atoms with Crippen molar-refractivity contribution in [2.75, 3.05) is 16.9 Å². The molecule has 6 atom stereocenters. The number of amides is 4. The van der Waals surface area contributed by atoms with E-state index < -0.39 is 29.6 Å². The first-order valence-corrected chi connectivity index (χ1v) is 16.4. The van der Waals surface area contributed by atoms with Crippen molar-refractivity contribution < 1.29 is 29.0 Å². The molecule has 47 heavy (non-hydrogen) atoms. The van der Waals surface area contributed by atoms with Crippen molar-refractivity contribution in [1.29, 1.82) is 0 Å². The van der Waals surface area contributed by atoms with Crippen LogP contribution in [0.25, 0.3) is 6.08 Å². The topological polar surface area (TPSA) is 104 Å². The highest BCUT2D eigenvalue weighted by atomic mass is 16.5. The van der Waals surface area contributed by atoms with Gasteiger partial charge in [0.05, 0.1) is 42.2 Å². The van der Waals surface area contributed by atoms with Gasteiger partial charge in [0.15, 0.2) is 11.5 Å². The molecule has 2 aliphatic heterocycles. The molecular formula is C39H38N2O6. The maximum atomic E-state index is 14.2. The molecule has 240 valence electrons. The van der Waals surface area contributed by atoms with Crippen molar-refractivity contribution in [3.63, 3.8) is 0 Å². The number of hydrogen-bond acceptors (Lipinski definition) is 6. The Labute approximate surface area is 274 Å². The second kappa shape index (κ2) is 12.0. The summed E-state index contributed by atoms with van der Waals surface area (Å²) in [5.74, 6) is -3.88. The Morgan fingerprint density at radius 3 is 1.89 bits per heavy atom. The minimum absolute atomic E-state index is 0.0167. The van der Waals surface area contributed by atoms with Crippen LogP contribution in [0.2, 0.25) is 0 Å². The number of anilines is 2. The van der Waals surface area contributed by atoms with E-state index in [2.05, 4.69) is 13.8 Å². The number of allylic oxidation sites excluding steroid dienone is 3. The number of aromatic hydroxyl groups is 1. The number of hydrogen-bond donors (Lipinski definition) is 1. The minimum Gasteiger partial charge on any atom is -0.504 e. The van der Waals surface area contributed by atoms with Gasteiger partial charge in [-0.25, -0.2) is 0 Å². The van der Waals surface area contributed by atoms with Gasteiger partial charge in [-0.05, 0) is 84.7 Å². The lowest BCUT2D eigenvalue weighted by Crippen LogP contribution is -2.43. The van der Waals surface area contributed by atoms with E-state index in [0.29, 0.717) is 30.0 Å². The summed E-state index contributed by atoms with van der Waals surface area (Å²) in [6.07, 6.45) is 8.27. The highest BCUT2D eigenvalue weighted by Crippen LogP contribution is 2.56. The fourth-order valence-corrected chi connectivity index (χ4v) is 8.13. The molecule has 8 heteroatoms. The van der Waals surface area contributed by atoms with E-state index in [1.807, 2.05) is 66.8 Å². The Morgan fingerprint density at radius 1 is 0.745 bits per heavy atom. The van der Waals surface area contributed by atoms with Gasteiger partial charge in [0, 0.05) is 5.92 Å². The number of nitrogens with zero attached hydrogens (tertiary/aromatic N) is 2. The van der Waals surface area contributed by atoms with Gasteiger partial charge < -0.3 is 9.84 Å². The average Bonchev–Trinajstić information content (AvgIpc) is 3.50. The largest absolute Gasteiger partial charge is 0.504 e. The first kappa shape index (κ1) is 30.7. The Morgan fingerprint density at radius 2 is 1.32 bits per heavy atom. The third kappa shape index (κ3) is 4.98. The summed E-state index contributed by atoms with van der Waals surface area (Å²) in [6.45, 7) is 4.11. The molecule has 3 aromatic carbocycles. The number of phenols is 1. The van der Waals surface area contributed by atoms with Gasteiger partial charge in [-0.1, -0.05) is 68.0 Å². The first-order chi connectivity index (χ1) is 22.7. The predicted octanol–water partition coefficient (Wildman–Crippen LogP) is 6.12. The molecule has 0 spiro atoms. The SMILES string of the molecule is CCc1ccc(N2C(=O)C3CC4C(=CCC5C(=O)N(c6ccc(CC)cc6)C(=O)C54)C(C=Cc4ccc(O)c(OC)c4)C3C2=O)cc1. The molecule has 2 heterocycles. The number of phenolic OH excluding ortho intramolecular Hbond substituents is 1. The predicted molar refractivity (Wildman–Crippen MR) is 179 cm³/mol. The molecule has 2 saturated heterocycles. The van der Waals surface area contributed by atoms with E-state index in [-0.39, 0.29) is 35.3 Å². The van der Waals surface area contributed by atoms with Gasteiger partial charge in [-0.2, -0.15) is 0 Å². The van der Waals surface area contributed by atoms with Crippen LogP contribution in [0.1, 0.15) is 43.4 Å². The lowest BCUT2D eigenvalue weighted by atomic mass is 9.58. The summed E-state index contributed by atoms with van der Waals surface area (Å²) in [5.41, 5.74) is 5.02. The summed E-state index contributed by atoms with van der Waals surface area (Å²) in [6, 6.07) is 20.1. The molecule has 2 aliphatic carbocycles. The van der Waals surface area contributed by atoms with Crippen LogP contribution in [-0.2, 0) is 32.0 Å². The standard InChI is InChI=1S/C39H38N2O6/c1-4-22-6-12-25(13-7-22)40-36(43)29-18-17-27-28(16-10-24-11-19-32(42)33(20-24)47-3)34-31(21-30(27)35(29)39(40)46)37(44)41(38(34)45)26-14-8-23(5-2)9-15-26/h6-17,19-20,28-31,34-35,42H,4-5,18,21H2,1-3H3. The summed E-state index contributed by atoms with van der Waals surface area (Å²) >= 11 is 0. The maximum Gasteiger partial charge on any atom is 0.238 e. The highest BCUT2D eigenvalue weighted by molar-refractivity contribution is 6.24. The first-order valence-electron chi connectivity index (χ1n) is 16.4. The fraction of sp³-hybridized carbons (Fsp3) is 0.333. The monoisotopic (exact) mass is 630 g/mol. The van der Waals surface area contributed by atoms with Crippen LogP contribution in [0.5, 0.6) is 11.5 Å². The van der Waals surface area contributed by atoms with Crippen molar-refractivity contribution in [1.82, 2.24) is 0 Å². The van der Waals surface area contributed by atoms with Gasteiger partial charge in [0.2, 0.25) is 23.6 Å². The van der Waals surface area contributed by atoms with Crippen LogP contribution in [0.15, 0.2) is 84.5 Å². The Kier molecular flexibility index (Phi) is 7.82. The second-order valence-electron chi connectivity index (χ2n) is 12.9. The van der Waals surface area contributed by atoms with Crippen molar-refractivity contribution in [3.8, 4) is 11.5 Å². The molecule has 0 radical (unpaired) electrons. The van der Waals surface area contributed by atoms with Crippen molar-refractivity contribution >= 4 is 41.1 Å². The van der Waals surface area contributed by atoms with E-state index in [0.717, 1.165) is 35.1 Å². The Hall–Kier alpha value is -4.98. The molecule has 8 nitrogen and oxygen atoms in total. The van der Waals surface area contributed by atoms with Gasteiger partial charge in [-0.15, -0.1) is 0 Å². The fourth-order valence-electron chi connectivity index (χ4n) is 8.13. The molecule has 3 aromatic rings. The molecule has 6 unspecified atom stereocenters. The van der Waals surface area contributed by atoms with Crippen LogP contribution in [0, 0.1) is 35.5 Å². The van der Waals surface area contributed by atoms with Crippen LogP contribution < -0.4 is 14.5 Å². The lowest BCUT2D eigenvalue weighted by Gasteiger charge is -2.42. The number of methoxy groups -OCH3 is 1. The number of carbonyl (C=O) groups is 4. The third-order valence-corrected chi connectivity index (χ3v) is 10.6. The normalized spacial score (nSPS) is 26.8. The zero-order valence-corrected chi connectivity index (χ0v) is 26.8. The summed E-state index contributed by atoms with van der Waals surface area (Å²) in [4.78, 5) is 59.0. The van der Waals surface area contributed by atoms with Gasteiger partial charge in [0.25, 0.3) is 0 Å². The number of fused-ring (bicyclic) bond motifs is 4. The molecule has 4 amide bonds. The molecule has 1 N–H and O–H groups in total. The van der Waals surface area contributed by atoms with E-state index in [4.69, 9.17) is 4.74 Å². The number of imide groups is 2. The van der Waals surface area contributed by atoms with Crippen LogP contribution in [0.4, 0.5) is 11.4 Å². The smallest absolute Gasteiger partial charge is 0.238 e. The summed E-state index contributed by atoms with van der Waals surface area (Å²) in [5, 5.41) is 10.1. The Balaban J connectivity index is 1.28. The number of ether oxygens (including phenoxy) is 1. The molecular weight excluding hydrogens is 592 g/mol. The molecule has 0 aromatic heterocycles. The molecule has 0 bridgehead atoms. The minimum atomic E-state index is -0.646. The number of rotatable bonds is 7. The molecule has 1 saturated carbocycles. The maximum absolute atomic E-state index is 14.2. The number of benzene rings is 3. The quantitative estimate of drug-likeness (QED) is 0.249. The van der Waals surface area contributed by atoms with Gasteiger partial charge in [0.1, 0.15) is 0 Å². The zero-order chi connectivity index (χ0) is 33.0. The van der Waals surface area contributed by atoms with Crippen molar-refractivity contribution in [2.45, 2.75) is 39.5 Å².